The molecule has 2 aliphatic carbocycles. The molecule has 1 N–H and O–H groups in total. The van der Waals surface area contributed by atoms with Crippen molar-refractivity contribution in [1.29, 1.82) is 0 Å². The van der Waals surface area contributed by atoms with Crippen LogP contribution in [0.15, 0.2) is 21.0 Å². The summed E-state index contributed by atoms with van der Waals surface area (Å²) in [6.07, 6.45) is 6.74. The van der Waals surface area contributed by atoms with Gasteiger partial charge >= 0.3 is 0 Å². The van der Waals surface area contributed by atoms with Gasteiger partial charge in [0.1, 0.15) is 0 Å². The summed E-state index contributed by atoms with van der Waals surface area (Å²) in [7, 11) is 0. The van der Waals surface area contributed by atoms with Gasteiger partial charge in [-0.3, -0.25) is 4.79 Å². The highest BCUT2D eigenvalue weighted by Crippen LogP contribution is 2.55. The van der Waals surface area contributed by atoms with Gasteiger partial charge in [-0.15, -0.1) is 11.3 Å². The van der Waals surface area contributed by atoms with Gasteiger partial charge in [0.15, 0.2) is 0 Å². The summed E-state index contributed by atoms with van der Waals surface area (Å²) in [5.41, 5.74) is 2.68. The predicted molar refractivity (Wildman–Crippen MR) is 76.7 cm³/mol. The van der Waals surface area contributed by atoms with Crippen molar-refractivity contribution in [1.82, 2.24) is 5.43 Å². The summed E-state index contributed by atoms with van der Waals surface area (Å²) in [6, 6.07) is 3.95. The molecule has 1 heterocycles. The minimum Gasteiger partial charge on any atom is -0.273 e. The van der Waals surface area contributed by atoms with Crippen LogP contribution < -0.4 is 5.43 Å². The summed E-state index contributed by atoms with van der Waals surface area (Å²) in [5, 5.41) is 4.04. The SMILES string of the molecule is O=C(NN=Cc1ccc(Br)s1)C1[C@H]2CCCC[C@H]12. The number of thiophene rings is 1. The summed E-state index contributed by atoms with van der Waals surface area (Å²) in [4.78, 5) is 13.0. The van der Waals surface area contributed by atoms with Crippen LogP contribution in [0.1, 0.15) is 30.6 Å². The number of halogens is 1. The van der Waals surface area contributed by atoms with Crippen LogP contribution in [0.5, 0.6) is 0 Å². The van der Waals surface area contributed by atoms with E-state index in [-0.39, 0.29) is 11.8 Å². The Morgan fingerprint density at radius 2 is 2.11 bits per heavy atom. The van der Waals surface area contributed by atoms with Crippen molar-refractivity contribution in [3.05, 3.63) is 20.8 Å². The summed E-state index contributed by atoms with van der Waals surface area (Å²) in [5.74, 6) is 1.63. The first-order valence-corrected chi connectivity index (χ1v) is 7.95. The molecule has 96 valence electrons. The molecule has 2 fully saturated rings. The maximum Gasteiger partial charge on any atom is 0.243 e. The number of hydrogen-bond donors (Lipinski definition) is 1. The largest absolute Gasteiger partial charge is 0.273 e. The Morgan fingerprint density at radius 3 is 2.72 bits per heavy atom. The second-order valence-corrected chi connectivity index (χ2v) is 7.51. The molecule has 0 spiro atoms. The molecule has 3 nitrogen and oxygen atoms in total. The number of hydrazone groups is 1. The van der Waals surface area contributed by atoms with E-state index in [9.17, 15) is 4.79 Å². The number of nitrogens with zero attached hydrogens (tertiary/aromatic N) is 1. The second kappa shape index (κ2) is 5.13. The van der Waals surface area contributed by atoms with E-state index in [1.807, 2.05) is 12.1 Å². The Bertz CT molecular complexity index is 473. The maximum atomic E-state index is 11.9. The fourth-order valence-electron chi connectivity index (χ4n) is 3.01. The third kappa shape index (κ3) is 2.52. The molecule has 2 aliphatic rings. The lowest BCUT2D eigenvalue weighted by Gasteiger charge is -2.04. The molecule has 1 aromatic rings. The molecular formula is C13H15BrN2OS. The minimum absolute atomic E-state index is 0.110. The van der Waals surface area contributed by atoms with Gasteiger partial charge in [-0.25, -0.2) is 5.43 Å². The number of rotatable bonds is 3. The van der Waals surface area contributed by atoms with Crippen molar-refractivity contribution in [2.24, 2.45) is 22.9 Å². The summed E-state index contributed by atoms with van der Waals surface area (Å²) < 4.78 is 1.07. The van der Waals surface area contributed by atoms with E-state index in [4.69, 9.17) is 0 Å². The van der Waals surface area contributed by atoms with E-state index in [1.165, 1.54) is 25.7 Å². The molecule has 3 rings (SSSR count). The van der Waals surface area contributed by atoms with Crippen molar-refractivity contribution < 1.29 is 4.79 Å². The monoisotopic (exact) mass is 326 g/mol. The third-order valence-electron chi connectivity index (χ3n) is 3.92. The summed E-state index contributed by atoms with van der Waals surface area (Å²) >= 11 is 5.00. The van der Waals surface area contributed by atoms with Gasteiger partial charge in [-0.1, -0.05) is 12.8 Å². The average Bonchev–Trinajstić information content (AvgIpc) is 2.97. The van der Waals surface area contributed by atoms with Gasteiger partial charge in [-0.2, -0.15) is 5.10 Å². The van der Waals surface area contributed by atoms with Crippen LogP contribution in [0.25, 0.3) is 0 Å². The number of fused-ring (bicyclic) bond motifs is 1. The standard InChI is InChI=1S/C13H15BrN2OS/c14-11-6-5-8(18-11)7-15-16-13(17)12-9-3-1-2-4-10(9)12/h5-7,9-10,12H,1-4H2,(H,16,17)/t9-,10-/m0/s1. The Hall–Kier alpha value is -0.680. The van der Waals surface area contributed by atoms with E-state index in [0.717, 1.165) is 8.66 Å². The van der Waals surface area contributed by atoms with Crippen molar-refractivity contribution in [3.8, 4) is 0 Å². The Labute approximate surface area is 119 Å². The Kier molecular flexibility index (Phi) is 3.52. The lowest BCUT2D eigenvalue weighted by Crippen LogP contribution is -2.20. The lowest BCUT2D eigenvalue weighted by molar-refractivity contribution is -0.122. The number of nitrogens with one attached hydrogen (secondary N) is 1. The van der Waals surface area contributed by atoms with E-state index in [0.29, 0.717) is 11.8 Å². The van der Waals surface area contributed by atoms with Gasteiger partial charge in [0.05, 0.1) is 10.0 Å². The summed E-state index contributed by atoms with van der Waals surface area (Å²) in [6.45, 7) is 0. The zero-order valence-electron chi connectivity index (χ0n) is 9.93. The normalized spacial score (nSPS) is 30.2. The van der Waals surface area contributed by atoms with Crippen LogP contribution in [-0.4, -0.2) is 12.1 Å². The molecule has 0 unspecified atom stereocenters. The van der Waals surface area contributed by atoms with E-state index < -0.39 is 0 Å². The van der Waals surface area contributed by atoms with Gasteiger partial charge in [0, 0.05) is 10.8 Å². The van der Waals surface area contributed by atoms with Crippen molar-refractivity contribution >= 4 is 39.4 Å². The molecule has 1 amide bonds. The number of amides is 1. The van der Waals surface area contributed by atoms with Gasteiger partial charge in [-0.05, 0) is 52.7 Å². The smallest absolute Gasteiger partial charge is 0.243 e. The quantitative estimate of drug-likeness (QED) is 0.671. The highest BCUT2D eigenvalue weighted by atomic mass is 79.9. The molecule has 0 bridgehead atoms. The maximum absolute atomic E-state index is 11.9. The van der Waals surface area contributed by atoms with Crippen LogP contribution in [0.2, 0.25) is 0 Å². The van der Waals surface area contributed by atoms with Crippen molar-refractivity contribution in [2.75, 3.05) is 0 Å². The fourth-order valence-corrected chi connectivity index (χ4v) is 4.31. The molecule has 2 atom stereocenters. The van der Waals surface area contributed by atoms with Gasteiger partial charge in [0.2, 0.25) is 5.91 Å². The average molecular weight is 327 g/mol. The fraction of sp³-hybridized carbons (Fsp3) is 0.538. The highest BCUT2D eigenvalue weighted by Gasteiger charge is 2.54. The Morgan fingerprint density at radius 1 is 1.39 bits per heavy atom. The molecule has 18 heavy (non-hydrogen) atoms. The first kappa shape index (κ1) is 12.4. The zero-order valence-corrected chi connectivity index (χ0v) is 12.3. The number of carbonyl (C=O) groups excluding carboxylic acids is 1. The van der Waals surface area contributed by atoms with Crippen LogP contribution in [0, 0.1) is 17.8 Å². The second-order valence-electron chi connectivity index (χ2n) is 5.01. The van der Waals surface area contributed by atoms with E-state index >= 15 is 0 Å². The van der Waals surface area contributed by atoms with Crippen LogP contribution in [0.4, 0.5) is 0 Å². The molecule has 2 saturated carbocycles. The molecular weight excluding hydrogens is 312 g/mol. The van der Waals surface area contributed by atoms with Crippen LogP contribution >= 0.6 is 27.3 Å². The molecule has 1 aromatic heterocycles. The first-order chi connectivity index (χ1) is 8.75. The van der Waals surface area contributed by atoms with Crippen molar-refractivity contribution in [2.45, 2.75) is 25.7 Å². The molecule has 5 heteroatoms. The van der Waals surface area contributed by atoms with E-state index in [1.54, 1.807) is 17.6 Å². The Balaban J connectivity index is 1.51. The number of carbonyl (C=O) groups is 1. The first-order valence-electron chi connectivity index (χ1n) is 6.34. The molecule has 0 aliphatic heterocycles. The molecule has 0 saturated heterocycles. The topological polar surface area (TPSA) is 41.5 Å². The van der Waals surface area contributed by atoms with Gasteiger partial charge < -0.3 is 0 Å². The highest BCUT2D eigenvalue weighted by molar-refractivity contribution is 9.11. The van der Waals surface area contributed by atoms with Crippen LogP contribution in [0.3, 0.4) is 0 Å². The molecule has 0 aromatic carbocycles. The van der Waals surface area contributed by atoms with Gasteiger partial charge in [0.25, 0.3) is 0 Å². The third-order valence-corrected chi connectivity index (χ3v) is 5.48. The predicted octanol–water partition coefficient (Wildman–Crippen LogP) is 3.40. The number of hydrogen-bond acceptors (Lipinski definition) is 3. The lowest BCUT2D eigenvalue weighted by atomic mass is 10.0. The van der Waals surface area contributed by atoms with E-state index in [2.05, 4.69) is 26.5 Å². The minimum atomic E-state index is 0.110. The van der Waals surface area contributed by atoms with Crippen molar-refractivity contribution in [3.63, 3.8) is 0 Å². The zero-order chi connectivity index (χ0) is 12.5. The van der Waals surface area contributed by atoms with Crippen LogP contribution in [-0.2, 0) is 4.79 Å². The molecule has 0 radical (unpaired) electrons.